The largest absolute Gasteiger partial charge is 0.380 e. The molecule has 0 aliphatic heterocycles. The van der Waals surface area contributed by atoms with E-state index in [0.717, 1.165) is 0 Å². The summed E-state index contributed by atoms with van der Waals surface area (Å²) in [5.41, 5.74) is 0.451. The molecule has 0 aromatic heterocycles. The van der Waals surface area contributed by atoms with Crippen molar-refractivity contribution < 1.29 is 9.13 Å². The average Bonchev–Trinajstić information content (AvgIpc) is 2.19. The van der Waals surface area contributed by atoms with Crippen LogP contribution in [0.4, 0.5) is 10.1 Å². The number of nitrogens with one attached hydrogen (secondary N) is 1. The van der Waals surface area contributed by atoms with Crippen molar-refractivity contribution in [2.24, 2.45) is 0 Å². The van der Waals surface area contributed by atoms with E-state index in [2.05, 4.69) is 5.32 Å². The standard InChI is InChI=1S/C11H15ClFNO/c1-3-15-7-8(2)14-11-5-4-9(12)6-10(11)13/h4-6,8,14H,3,7H2,1-2H3. The molecule has 0 saturated heterocycles. The maximum Gasteiger partial charge on any atom is 0.147 e. The number of hydrogen-bond donors (Lipinski definition) is 1. The van der Waals surface area contributed by atoms with Gasteiger partial charge in [0.1, 0.15) is 5.82 Å². The van der Waals surface area contributed by atoms with E-state index in [0.29, 0.717) is 23.9 Å². The van der Waals surface area contributed by atoms with Gasteiger partial charge in [-0.15, -0.1) is 0 Å². The summed E-state index contributed by atoms with van der Waals surface area (Å²) in [5.74, 6) is -0.342. The molecule has 0 radical (unpaired) electrons. The number of hydrogen-bond acceptors (Lipinski definition) is 2. The first-order valence-corrected chi connectivity index (χ1v) is 5.30. The highest BCUT2D eigenvalue weighted by Crippen LogP contribution is 2.19. The van der Waals surface area contributed by atoms with Crippen molar-refractivity contribution in [2.45, 2.75) is 19.9 Å². The van der Waals surface area contributed by atoms with Gasteiger partial charge in [0.05, 0.1) is 12.3 Å². The van der Waals surface area contributed by atoms with Gasteiger partial charge >= 0.3 is 0 Å². The van der Waals surface area contributed by atoms with E-state index in [1.165, 1.54) is 6.07 Å². The summed E-state index contributed by atoms with van der Waals surface area (Å²) in [6.45, 7) is 5.08. The number of benzene rings is 1. The van der Waals surface area contributed by atoms with Crippen LogP contribution in [0, 0.1) is 5.82 Å². The monoisotopic (exact) mass is 231 g/mol. The molecule has 0 amide bonds. The Kier molecular flexibility index (Phi) is 4.85. The minimum absolute atomic E-state index is 0.0700. The maximum absolute atomic E-state index is 13.3. The molecule has 0 fully saturated rings. The van der Waals surface area contributed by atoms with Gasteiger partial charge in [0.2, 0.25) is 0 Å². The predicted molar refractivity (Wildman–Crippen MR) is 61.0 cm³/mol. The Bertz CT molecular complexity index is 319. The molecule has 1 N–H and O–H groups in total. The first-order chi connectivity index (χ1) is 7.13. The summed E-state index contributed by atoms with van der Waals surface area (Å²) in [6.07, 6.45) is 0. The summed E-state index contributed by atoms with van der Waals surface area (Å²) >= 11 is 5.64. The summed E-state index contributed by atoms with van der Waals surface area (Å²) in [6, 6.07) is 4.64. The Morgan fingerprint density at radius 3 is 2.87 bits per heavy atom. The molecule has 0 aliphatic carbocycles. The molecule has 1 aromatic rings. The maximum atomic E-state index is 13.3. The van der Waals surface area contributed by atoms with Crippen LogP contribution < -0.4 is 5.32 Å². The summed E-state index contributed by atoms with van der Waals surface area (Å²) in [7, 11) is 0. The zero-order chi connectivity index (χ0) is 11.3. The van der Waals surface area contributed by atoms with Gasteiger partial charge in [-0.2, -0.15) is 0 Å². The third-order valence-corrected chi connectivity index (χ3v) is 2.14. The lowest BCUT2D eigenvalue weighted by Crippen LogP contribution is -2.22. The Balaban J connectivity index is 2.56. The van der Waals surface area contributed by atoms with Gasteiger partial charge in [0.25, 0.3) is 0 Å². The van der Waals surface area contributed by atoms with Gasteiger partial charge < -0.3 is 10.1 Å². The highest BCUT2D eigenvalue weighted by Gasteiger charge is 2.06. The lowest BCUT2D eigenvalue weighted by molar-refractivity contribution is 0.141. The zero-order valence-corrected chi connectivity index (χ0v) is 9.64. The molecular formula is C11H15ClFNO. The van der Waals surface area contributed by atoms with Gasteiger partial charge in [-0.1, -0.05) is 11.6 Å². The summed E-state index contributed by atoms with van der Waals surface area (Å²) in [4.78, 5) is 0. The van der Waals surface area contributed by atoms with E-state index < -0.39 is 0 Å². The number of rotatable bonds is 5. The van der Waals surface area contributed by atoms with Crippen molar-refractivity contribution in [3.63, 3.8) is 0 Å². The van der Waals surface area contributed by atoms with Crippen LogP contribution in [0.1, 0.15) is 13.8 Å². The molecule has 0 aliphatic rings. The predicted octanol–water partition coefficient (Wildman–Crippen LogP) is 3.32. The third kappa shape index (κ3) is 4.06. The van der Waals surface area contributed by atoms with Crippen LogP contribution in [-0.2, 0) is 4.74 Å². The SMILES string of the molecule is CCOCC(C)Nc1ccc(Cl)cc1F. The van der Waals surface area contributed by atoms with Gasteiger partial charge in [-0.25, -0.2) is 4.39 Å². The quantitative estimate of drug-likeness (QED) is 0.840. The van der Waals surface area contributed by atoms with Crippen molar-refractivity contribution in [3.8, 4) is 0 Å². The Labute approximate surface area is 94.4 Å². The normalized spacial score (nSPS) is 12.5. The Morgan fingerprint density at radius 1 is 1.53 bits per heavy atom. The molecule has 2 nitrogen and oxygen atoms in total. The van der Waals surface area contributed by atoms with Crippen molar-refractivity contribution in [3.05, 3.63) is 29.0 Å². The summed E-state index contributed by atoms with van der Waals surface area (Å²) in [5, 5.41) is 3.41. The minimum atomic E-state index is -0.342. The lowest BCUT2D eigenvalue weighted by atomic mass is 10.2. The van der Waals surface area contributed by atoms with Crippen molar-refractivity contribution in [1.82, 2.24) is 0 Å². The van der Waals surface area contributed by atoms with Crippen LogP contribution in [0.15, 0.2) is 18.2 Å². The molecule has 1 rings (SSSR count). The van der Waals surface area contributed by atoms with E-state index in [1.54, 1.807) is 12.1 Å². The fourth-order valence-corrected chi connectivity index (χ4v) is 1.37. The average molecular weight is 232 g/mol. The Hall–Kier alpha value is -0.800. The molecule has 0 spiro atoms. The van der Waals surface area contributed by atoms with Crippen LogP contribution >= 0.6 is 11.6 Å². The summed E-state index contributed by atoms with van der Waals surface area (Å²) < 4.78 is 18.6. The van der Waals surface area contributed by atoms with Crippen LogP contribution in [0.25, 0.3) is 0 Å². The first kappa shape index (κ1) is 12.3. The van der Waals surface area contributed by atoms with E-state index in [-0.39, 0.29) is 11.9 Å². The van der Waals surface area contributed by atoms with E-state index in [9.17, 15) is 4.39 Å². The highest BCUT2D eigenvalue weighted by atomic mass is 35.5. The van der Waals surface area contributed by atoms with Crippen LogP contribution in [-0.4, -0.2) is 19.3 Å². The second kappa shape index (κ2) is 5.93. The molecule has 1 atom stereocenters. The van der Waals surface area contributed by atoms with Crippen molar-refractivity contribution in [1.29, 1.82) is 0 Å². The third-order valence-electron chi connectivity index (χ3n) is 1.91. The van der Waals surface area contributed by atoms with Gasteiger partial charge in [-0.05, 0) is 32.0 Å². The number of anilines is 1. The lowest BCUT2D eigenvalue weighted by Gasteiger charge is -2.15. The molecule has 4 heteroatoms. The molecular weight excluding hydrogens is 217 g/mol. The van der Waals surface area contributed by atoms with Crippen LogP contribution in [0.5, 0.6) is 0 Å². The molecule has 0 saturated carbocycles. The minimum Gasteiger partial charge on any atom is -0.380 e. The fourth-order valence-electron chi connectivity index (χ4n) is 1.21. The Morgan fingerprint density at radius 2 is 2.27 bits per heavy atom. The fraction of sp³-hybridized carbons (Fsp3) is 0.455. The topological polar surface area (TPSA) is 21.3 Å². The van der Waals surface area contributed by atoms with Gasteiger partial charge in [0.15, 0.2) is 0 Å². The molecule has 84 valence electrons. The molecule has 1 unspecified atom stereocenters. The van der Waals surface area contributed by atoms with Crippen LogP contribution in [0.3, 0.4) is 0 Å². The second-order valence-electron chi connectivity index (χ2n) is 3.33. The van der Waals surface area contributed by atoms with Crippen molar-refractivity contribution in [2.75, 3.05) is 18.5 Å². The first-order valence-electron chi connectivity index (χ1n) is 4.92. The van der Waals surface area contributed by atoms with E-state index >= 15 is 0 Å². The molecule has 0 bridgehead atoms. The van der Waals surface area contributed by atoms with Crippen molar-refractivity contribution >= 4 is 17.3 Å². The number of halogens is 2. The van der Waals surface area contributed by atoms with E-state index in [4.69, 9.17) is 16.3 Å². The van der Waals surface area contributed by atoms with E-state index in [1.807, 2.05) is 13.8 Å². The van der Waals surface area contributed by atoms with Crippen LogP contribution in [0.2, 0.25) is 5.02 Å². The zero-order valence-electron chi connectivity index (χ0n) is 8.89. The number of ether oxygens (including phenoxy) is 1. The highest BCUT2D eigenvalue weighted by molar-refractivity contribution is 6.30. The molecule has 0 heterocycles. The molecule has 1 aromatic carbocycles. The van der Waals surface area contributed by atoms with Gasteiger partial charge in [0, 0.05) is 17.7 Å². The smallest absolute Gasteiger partial charge is 0.147 e. The second-order valence-corrected chi connectivity index (χ2v) is 3.77. The molecule has 15 heavy (non-hydrogen) atoms. The van der Waals surface area contributed by atoms with Gasteiger partial charge in [-0.3, -0.25) is 0 Å².